The lowest BCUT2D eigenvalue weighted by Gasteiger charge is -2.40. The molecular weight excluding hydrogens is 450 g/mol. The van der Waals surface area contributed by atoms with E-state index in [9.17, 15) is 4.21 Å². The van der Waals surface area contributed by atoms with Crippen molar-refractivity contribution in [2.75, 3.05) is 45.6 Å². The van der Waals surface area contributed by atoms with E-state index < -0.39 is 10.8 Å². The molecule has 0 spiro atoms. The molecule has 4 rings (SSSR count). The van der Waals surface area contributed by atoms with E-state index >= 15 is 0 Å². The molecule has 7 heteroatoms. The third-order valence-electron chi connectivity index (χ3n) is 6.29. The van der Waals surface area contributed by atoms with Crippen molar-refractivity contribution < 1.29 is 23.2 Å². The average Bonchev–Trinajstić information content (AvgIpc) is 2.87. The van der Waals surface area contributed by atoms with Crippen molar-refractivity contribution in [3.63, 3.8) is 0 Å². The summed E-state index contributed by atoms with van der Waals surface area (Å²) in [4.78, 5) is 3.08. The predicted molar refractivity (Wildman–Crippen MR) is 135 cm³/mol. The molecule has 3 aromatic rings. The van der Waals surface area contributed by atoms with Gasteiger partial charge < -0.3 is 23.8 Å². The van der Waals surface area contributed by atoms with Crippen molar-refractivity contribution in [1.82, 2.24) is 0 Å². The smallest absolute Gasteiger partial charge is 0.184 e. The molecule has 0 aromatic heterocycles. The molecule has 34 heavy (non-hydrogen) atoms. The van der Waals surface area contributed by atoms with Crippen molar-refractivity contribution in [3.8, 4) is 23.0 Å². The molecule has 1 aliphatic heterocycles. The Bertz CT molecular complexity index is 1180. The number of aryl methyl sites for hydroxylation is 1. The molecule has 180 valence electrons. The highest BCUT2D eigenvalue weighted by atomic mass is 32.2. The standard InChI is InChI=1S/C27H31NO5S/c1-18-9-11-20(12-10-18)34(29)17-23-21-16-26(32-4)25(31-3)15-19(21)13-14-28(23)22-7-6-8-24(30-2)27(22)33-5/h6-12,15-16,23H,13-14,17H2,1-5H3/t23-,34-/m1/s1. The number of hydrogen-bond donors (Lipinski definition) is 0. The Labute approximate surface area is 203 Å². The monoisotopic (exact) mass is 481 g/mol. The van der Waals surface area contributed by atoms with Gasteiger partial charge in [-0.3, -0.25) is 4.21 Å². The van der Waals surface area contributed by atoms with Crippen molar-refractivity contribution in [3.05, 3.63) is 71.3 Å². The maximum Gasteiger partial charge on any atom is 0.184 e. The second-order valence-electron chi connectivity index (χ2n) is 8.20. The second kappa shape index (κ2) is 10.4. The van der Waals surface area contributed by atoms with Gasteiger partial charge in [-0.25, -0.2) is 0 Å². The highest BCUT2D eigenvalue weighted by Gasteiger charge is 2.33. The van der Waals surface area contributed by atoms with Crippen molar-refractivity contribution in [1.29, 1.82) is 0 Å². The lowest BCUT2D eigenvalue weighted by atomic mass is 9.92. The third-order valence-corrected chi connectivity index (χ3v) is 7.70. The van der Waals surface area contributed by atoms with E-state index in [1.807, 2.05) is 61.5 Å². The first-order valence-corrected chi connectivity index (χ1v) is 12.5. The fraction of sp³-hybridized carbons (Fsp3) is 0.333. The van der Waals surface area contributed by atoms with Gasteiger partial charge in [0.25, 0.3) is 0 Å². The van der Waals surface area contributed by atoms with Gasteiger partial charge in [0, 0.05) is 11.4 Å². The van der Waals surface area contributed by atoms with Gasteiger partial charge in [-0.1, -0.05) is 23.8 Å². The summed E-state index contributed by atoms with van der Waals surface area (Å²) < 4.78 is 36.0. The van der Waals surface area contributed by atoms with Crippen LogP contribution in [0.1, 0.15) is 22.7 Å². The summed E-state index contributed by atoms with van der Waals surface area (Å²) in [5.74, 6) is 3.11. The Hall–Kier alpha value is -3.19. The number of benzene rings is 3. The summed E-state index contributed by atoms with van der Waals surface area (Å²) in [5.41, 5.74) is 4.30. The molecular formula is C27H31NO5S. The van der Waals surface area contributed by atoms with Crippen LogP contribution in [0.2, 0.25) is 0 Å². The van der Waals surface area contributed by atoms with Gasteiger partial charge in [0.1, 0.15) is 0 Å². The number of fused-ring (bicyclic) bond motifs is 1. The van der Waals surface area contributed by atoms with E-state index in [1.54, 1.807) is 28.4 Å². The molecule has 0 fully saturated rings. The van der Waals surface area contributed by atoms with Crippen LogP contribution < -0.4 is 23.8 Å². The maximum absolute atomic E-state index is 13.5. The zero-order chi connectivity index (χ0) is 24.2. The lowest BCUT2D eigenvalue weighted by molar-refractivity contribution is 0.351. The summed E-state index contributed by atoms with van der Waals surface area (Å²) in [5, 5.41) is 0. The number of para-hydroxylation sites is 1. The second-order valence-corrected chi connectivity index (χ2v) is 9.70. The van der Waals surface area contributed by atoms with Gasteiger partial charge in [0.05, 0.1) is 56.7 Å². The first kappa shape index (κ1) is 24.0. The van der Waals surface area contributed by atoms with Crippen molar-refractivity contribution >= 4 is 16.5 Å². The van der Waals surface area contributed by atoms with Gasteiger partial charge in [-0.05, 0) is 60.9 Å². The molecule has 6 nitrogen and oxygen atoms in total. The van der Waals surface area contributed by atoms with Crippen LogP contribution in [0.5, 0.6) is 23.0 Å². The zero-order valence-electron chi connectivity index (χ0n) is 20.3. The maximum atomic E-state index is 13.5. The molecule has 1 heterocycles. The van der Waals surface area contributed by atoms with Crippen LogP contribution in [0.15, 0.2) is 59.5 Å². The quantitative estimate of drug-likeness (QED) is 0.454. The fourth-order valence-corrected chi connectivity index (χ4v) is 5.80. The molecule has 0 unspecified atom stereocenters. The number of ether oxygens (including phenoxy) is 4. The lowest BCUT2D eigenvalue weighted by Crippen LogP contribution is -2.38. The van der Waals surface area contributed by atoms with Crippen LogP contribution in [0.3, 0.4) is 0 Å². The minimum Gasteiger partial charge on any atom is -0.493 e. The molecule has 0 amide bonds. The number of methoxy groups -OCH3 is 4. The van der Waals surface area contributed by atoms with E-state index in [4.69, 9.17) is 18.9 Å². The Morgan fingerprint density at radius 1 is 0.882 bits per heavy atom. The molecule has 0 N–H and O–H groups in total. The Morgan fingerprint density at radius 2 is 1.56 bits per heavy atom. The average molecular weight is 482 g/mol. The minimum absolute atomic E-state index is 0.160. The minimum atomic E-state index is -1.21. The van der Waals surface area contributed by atoms with Crippen LogP contribution in [0.4, 0.5) is 5.69 Å². The highest BCUT2D eigenvalue weighted by Crippen LogP contribution is 2.45. The molecule has 0 saturated carbocycles. The van der Waals surface area contributed by atoms with Gasteiger partial charge in [-0.15, -0.1) is 0 Å². The number of rotatable bonds is 8. The Morgan fingerprint density at radius 3 is 2.21 bits per heavy atom. The number of nitrogens with zero attached hydrogens (tertiary/aromatic N) is 1. The molecule has 0 radical (unpaired) electrons. The summed E-state index contributed by atoms with van der Waals surface area (Å²) in [6.07, 6.45) is 0.809. The van der Waals surface area contributed by atoms with Gasteiger partial charge in [-0.2, -0.15) is 0 Å². The molecule has 1 aliphatic rings. The normalized spacial score (nSPS) is 15.9. The number of anilines is 1. The topological polar surface area (TPSA) is 57.2 Å². The predicted octanol–water partition coefficient (Wildman–Crippen LogP) is 4.94. The van der Waals surface area contributed by atoms with E-state index in [0.717, 1.165) is 34.7 Å². The molecule has 0 saturated heterocycles. The van der Waals surface area contributed by atoms with E-state index in [0.29, 0.717) is 28.8 Å². The van der Waals surface area contributed by atoms with E-state index in [2.05, 4.69) is 4.90 Å². The van der Waals surface area contributed by atoms with Gasteiger partial charge >= 0.3 is 0 Å². The largest absolute Gasteiger partial charge is 0.493 e. The van der Waals surface area contributed by atoms with Crippen LogP contribution in [0.25, 0.3) is 0 Å². The van der Waals surface area contributed by atoms with E-state index in [-0.39, 0.29) is 6.04 Å². The van der Waals surface area contributed by atoms with Crippen molar-refractivity contribution in [2.45, 2.75) is 24.3 Å². The summed E-state index contributed by atoms with van der Waals surface area (Å²) in [6, 6.07) is 17.6. The van der Waals surface area contributed by atoms with Gasteiger partial charge in [0.15, 0.2) is 23.0 Å². The van der Waals surface area contributed by atoms with Crippen LogP contribution in [-0.2, 0) is 17.2 Å². The Kier molecular flexibility index (Phi) is 7.32. The molecule has 2 atom stereocenters. The van der Waals surface area contributed by atoms with Crippen molar-refractivity contribution in [2.24, 2.45) is 0 Å². The first-order chi connectivity index (χ1) is 16.5. The molecule has 0 bridgehead atoms. The van der Waals surface area contributed by atoms with Gasteiger partial charge in [0.2, 0.25) is 0 Å². The number of hydrogen-bond acceptors (Lipinski definition) is 6. The zero-order valence-corrected chi connectivity index (χ0v) is 21.1. The third kappa shape index (κ3) is 4.57. The highest BCUT2D eigenvalue weighted by molar-refractivity contribution is 7.85. The van der Waals surface area contributed by atoms with Crippen LogP contribution in [0, 0.1) is 6.92 Å². The Balaban J connectivity index is 1.82. The van der Waals surface area contributed by atoms with E-state index in [1.165, 1.54) is 5.56 Å². The van der Waals surface area contributed by atoms with Crippen LogP contribution in [-0.4, -0.2) is 44.9 Å². The first-order valence-electron chi connectivity index (χ1n) is 11.2. The fourth-order valence-electron chi connectivity index (χ4n) is 4.52. The summed E-state index contributed by atoms with van der Waals surface area (Å²) in [7, 11) is 5.35. The van der Waals surface area contributed by atoms with Crippen LogP contribution >= 0.6 is 0 Å². The molecule has 3 aromatic carbocycles. The molecule has 0 aliphatic carbocycles. The SMILES string of the molecule is COc1cc2c(cc1OC)[C@@H](C[S@@](=O)c1ccc(C)cc1)N(c1cccc(OC)c1OC)CC2. The summed E-state index contributed by atoms with van der Waals surface area (Å²) >= 11 is 0. The summed E-state index contributed by atoms with van der Waals surface area (Å²) in [6.45, 7) is 2.77.